The third kappa shape index (κ3) is 3.22. The lowest BCUT2D eigenvalue weighted by molar-refractivity contribution is -0.121. The molecule has 1 aliphatic carbocycles. The molecule has 1 fully saturated rings. The molecule has 0 radical (unpaired) electrons. The predicted octanol–water partition coefficient (Wildman–Crippen LogP) is 2.84. The van der Waals surface area contributed by atoms with Crippen molar-refractivity contribution >= 4 is 27.5 Å². The number of halogens is 1. The molecule has 1 amide bonds. The standard InChI is InChI=1S/C13H17BrN2O/c1-8-11(14)4-3-5-12(8)15-9(2)13(17)16-10-6-7-10/h3-5,9-10,15H,6-7H2,1-2H3,(H,16,17). The number of rotatable bonds is 4. The molecule has 17 heavy (non-hydrogen) atoms. The van der Waals surface area contributed by atoms with Crippen molar-refractivity contribution in [2.75, 3.05) is 5.32 Å². The van der Waals surface area contributed by atoms with E-state index < -0.39 is 0 Å². The molecule has 0 aliphatic heterocycles. The Hall–Kier alpha value is -1.03. The van der Waals surface area contributed by atoms with Crippen LogP contribution in [0.4, 0.5) is 5.69 Å². The molecule has 2 rings (SSSR count). The van der Waals surface area contributed by atoms with Gasteiger partial charge in [-0.1, -0.05) is 22.0 Å². The summed E-state index contributed by atoms with van der Waals surface area (Å²) in [6, 6.07) is 6.15. The molecule has 1 saturated carbocycles. The Balaban J connectivity index is 1.99. The van der Waals surface area contributed by atoms with Gasteiger partial charge in [-0.2, -0.15) is 0 Å². The van der Waals surface area contributed by atoms with Crippen LogP contribution in [0.15, 0.2) is 22.7 Å². The van der Waals surface area contributed by atoms with Gasteiger partial charge in [-0.3, -0.25) is 4.79 Å². The number of benzene rings is 1. The van der Waals surface area contributed by atoms with Crippen LogP contribution in [-0.4, -0.2) is 18.0 Å². The Kier molecular flexibility index (Phi) is 3.72. The molecule has 0 aromatic heterocycles. The van der Waals surface area contributed by atoms with E-state index >= 15 is 0 Å². The van der Waals surface area contributed by atoms with Gasteiger partial charge < -0.3 is 10.6 Å². The van der Waals surface area contributed by atoms with Crippen molar-refractivity contribution < 1.29 is 4.79 Å². The summed E-state index contributed by atoms with van der Waals surface area (Å²) in [5.74, 6) is 0.0758. The average Bonchev–Trinajstić information content (AvgIpc) is 3.08. The van der Waals surface area contributed by atoms with E-state index in [9.17, 15) is 4.79 Å². The summed E-state index contributed by atoms with van der Waals surface area (Å²) in [7, 11) is 0. The second-order valence-corrected chi connectivity index (χ2v) is 5.42. The van der Waals surface area contributed by atoms with Gasteiger partial charge in [0.15, 0.2) is 0 Å². The molecule has 3 nitrogen and oxygen atoms in total. The van der Waals surface area contributed by atoms with Gasteiger partial charge in [-0.05, 0) is 44.4 Å². The maximum atomic E-state index is 11.8. The third-order valence-electron chi connectivity index (χ3n) is 2.96. The van der Waals surface area contributed by atoms with Gasteiger partial charge in [0, 0.05) is 16.2 Å². The van der Waals surface area contributed by atoms with E-state index in [4.69, 9.17) is 0 Å². The van der Waals surface area contributed by atoms with Crippen LogP contribution in [0.2, 0.25) is 0 Å². The number of hydrogen-bond donors (Lipinski definition) is 2. The quantitative estimate of drug-likeness (QED) is 0.897. The maximum Gasteiger partial charge on any atom is 0.242 e. The summed E-state index contributed by atoms with van der Waals surface area (Å²) in [5.41, 5.74) is 2.12. The maximum absolute atomic E-state index is 11.8. The van der Waals surface area contributed by atoms with Crippen LogP contribution < -0.4 is 10.6 Å². The minimum atomic E-state index is -0.205. The second-order valence-electron chi connectivity index (χ2n) is 4.56. The van der Waals surface area contributed by atoms with Crippen molar-refractivity contribution in [2.45, 2.75) is 38.8 Å². The van der Waals surface area contributed by atoms with Crippen LogP contribution in [0.25, 0.3) is 0 Å². The lowest BCUT2D eigenvalue weighted by atomic mass is 10.2. The molecule has 1 aromatic carbocycles. The summed E-state index contributed by atoms with van der Waals surface area (Å²) in [4.78, 5) is 11.8. The minimum absolute atomic E-state index is 0.0758. The van der Waals surface area contributed by atoms with Crippen LogP contribution >= 0.6 is 15.9 Å². The van der Waals surface area contributed by atoms with Crippen molar-refractivity contribution in [1.82, 2.24) is 5.32 Å². The summed E-state index contributed by atoms with van der Waals surface area (Å²) in [6.07, 6.45) is 2.24. The van der Waals surface area contributed by atoms with Crippen molar-refractivity contribution in [3.63, 3.8) is 0 Å². The van der Waals surface area contributed by atoms with Crippen molar-refractivity contribution in [3.8, 4) is 0 Å². The summed E-state index contributed by atoms with van der Waals surface area (Å²) >= 11 is 3.48. The number of nitrogens with one attached hydrogen (secondary N) is 2. The highest BCUT2D eigenvalue weighted by Gasteiger charge is 2.25. The fourth-order valence-electron chi connectivity index (χ4n) is 1.62. The Bertz CT molecular complexity index is 429. The smallest absolute Gasteiger partial charge is 0.242 e. The fraction of sp³-hybridized carbons (Fsp3) is 0.462. The third-order valence-corrected chi connectivity index (χ3v) is 3.82. The van der Waals surface area contributed by atoms with Gasteiger partial charge in [0.25, 0.3) is 0 Å². The first kappa shape index (κ1) is 12.4. The van der Waals surface area contributed by atoms with Crippen molar-refractivity contribution in [1.29, 1.82) is 0 Å². The van der Waals surface area contributed by atoms with E-state index in [0.29, 0.717) is 6.04 Å². The number of hydrogen-bond acceptors (Lipinski definition) is 2. The monoisotopic (exact) mass is 296 g/mol. The molecule has 1 atom stereocenters. The molecule has 1 aliphatic rings. The number of anilines is 1. The zero-order chi connectivity index (χ0) is 12.4. The van der Waals surface area contributed by atoms with Crippen LogP contribution in [0.5, 0.6) is 0 Å². The molecule has 1 aromatic rings. The summed E-state index contributed by atoms with van der Waals surface area (Å²) in [5, 5.41) is 6.24. The van der Waals surface area contributed by atoms with E-state index in [1.807, 2.05) is 32.0 Å². The first-order valence-corrected chi connectivity index (χ1v) is 6.69. The second kappa shape index (κ2) is 5.08. The molecular formula is C13H17BrN2O. The summed E-state index contributed by atoms with van der Waals surface area (Å²) < 4.78 is 1.05. The van der Waals surface area contributed by atoms with Crippen LogP contribution in [0.3, 0.4) is 0 Å². The molecule has 4 heteroatoms. The van der Waals surface area contributed by atoms with E-state index in [0.717, 1.165) is 28.6 Å². The molecule has 0 bridgehead atoms. The zero-order valence-electron chi connectivity index (χ0n) is 10.1. The molecule has 2 N–H and O–H groups in total. The zero-order valence-corrected chi connectivity index (χ0v) is 11.7. The van der Waals surface area contributed by atoms with Gasteiger partial charge >= 0.3 is 0 Å². The topological polar surface area (TPSA) is 41.1 Å². The van der Waals surface area contributed by atoms with Crippen LogP contribution in [-0.2, 0) is 4.79 Å². The number of amides is 1. The lowest BCUT2D eigenvalue weighted by Crippen LogP contribution is -2.38. The molecule has 0 spiro atoms. The van der Waals surface area contributed by atoms with E-state index in [1.165, 1.54) is 0 Å². The molecular weight excluding hydrogens is 280 g/mol. The van der Waals surface area contributed by atoms with Gasteiger partial charge in [-0.25, -0.2) is 0 Å². The fourth-order valence-corrected chi connectivity index (χ4v) is 1.98. The first-order valence-electron chi connectivity index (χ1n) is 5.90. The highest BCUT2D eigenvalue weighted by molar-refractivity contribution is 9.10. The highest BCUT2D eigenvalue weighted by atomic mass is 79.9. The number of carbonyl (C=O) groups excluding carboxylic acids is 1. The van der Waals surface area contributed by atoms with Gasteiger partial charge in [0.05, 0.1) is 0 Å². The Labute approximate surface area is 110 Å². The lowest BCUT2D eigenvalue weighted by Gasteiger charge is -2.17. The molecule has 1 unspecified atom stereocenters. The molecule has 92 valence electrons. The highest BCUT2D eigenvalue weighted by Crippen LogP contribution is 2.24. The Morgan fingerprint density at radius 3 is 2.82 bits per heavy atom. The van der Waals surface area contributed by atoms with Crippen molar-refractivity contribution in [2.24, 2.45) is 0 Å². The SMILES string of the molecule is Cc1c(Br)cccc1NC(C)C(=O)NC1CC1. The first-order chi connectivity index (χ1) is 8.08. The molecule has 0 saturated heterocycles. The molecule has 0 heterocycles. The Morgan fingerprint density at radius 1 is 1.47 bits per heavy atom. The average molecular weight is 297 g/mol. The summed E-state index contributed by atoms with van der Waals surface area (Å²) in [6.45, 7) is 3.91. The van der Waals surface area contributed by atoms with E-state index in [-0.39, 0.29) is 11.9 Å². The van der Waals surface area contributed by atoms with E-state index in [1.54, 1.807) is 0 Å². The van der Waals surface area contributed by atoms with Gasteiger partial charge in [0.1, 0.15) is 6.04 Å². The van der Waals surface area contributed by atoms with Gasteiger partial charge in [-0.15, -0.1) is 0 Å². The Morgan fingerprint density at radius 2 is 2.18 bits per heavy atom. The minimum Gasteiger partial charge on any atom is -0.374 e. The normalized spacial score (nSPS) is 16.4. The largest absolute Gasteiger partial charge is 0.374 e. The van der Waals surface area contributed by atoms with E-state index in [2.05, 4.69) is 26.6 Å². The van der Waals surface area contributed by atoms with Gasteiger partial charge in [0.2, 0.25) is 5.91 Å². The number of carbonyl (C=O) groups is 1. The predicted molar refractivity (Wildman–Crippen MR) is 73.1 cm³/mol. The van der Waals surface area contributed by atoms with Crippen LogP contribution in [0.1, 0.15) is 25.3 Å². The van der Waals surface area contributed by atoms with Crippen molar-refractivity contribution in [3.05, 3.63) is 28.2 Å². The van der Waals surface area contributed by atoms with Crippen LogP contribution in [0, 0.1) is 6.92 Å².